The number of aliphatic hydroxyl groups excluding tert-OH is 1. The Hall–Kier alpha value is -5.37. The fraction of sp³-hybridized carbons (Fsp3) is 0.462. The molecule has 0 aromatic rings. The van der Waals surface area contributed by atoms with E-state index in [9.17, 15) is 33.9 Å². The molecule has 0 radical (unpaired) electrons. The van der Waals surface area contributed by atoms with E-state index in [4.69, 9.17) is 9.84 Å². The molecule has 2 rings (SSSR count). The average Bonchev–Trinajstić information content (AvgIpc) is 3.24. The predicted octanol–water partition coefficient (Wildman–Crippen LogP) is 8.08. The molecule has 0 saturated carbocycles. The number of carbonyl (C=O) groups is 6. The van der Waals surface area contributed by atoms with E-state index in [1.165, 1.54) is 7.05 Å². The maximum absolute atomic E-state index is 13.2. The summed E-state index contributed by atoms with van der Waals surface area (Å²) in [5, 5.41) is 26.7. The van der Waals surface area contributed by atoms with E-state index in [2.05, 4.69) is 28.6 Å². The largest absolute Gasteiger partial charge is 0.480 e. The smallest absolute Gasteiger partial charge is 0.326 e. The summed E-state index contributed by atoms with van der Waals surface area (Å²) in [5.74, 6) is -3.75. The number of amides is 2. The molecule has 0 heterocycles. The number of esters is 1. The second-order valence-electron chi connectivity index (χ2n) is 16.7. The first-order chi connectivity index (χ1) is 30.6. The van der Waals surface area contributed by atoms with Crippen molar-refractivity contribution in [3.05, 3.63) is 130 Å². The number of allylic oxidation sites excluding steroid dienone is 20. The lowest BCUT2D eigenvalue weighted by molar-refractivity contribution is -0.155. The van der Waals surface area contributed by atoms with Crippen molar-refractivity contribution in [2.45, 2.75) is 126 Å². The number of aliphatic hydroxyl groups is 1. The number of nitrogens with one attached hydrogen (secondary N) is 3. The number of hydrogen-bond acceptors (Lipinski definition) is 10. The first-order valence-corrected chi connectivity index (χ1v) is 22.8. The van der Waals surface area contributed by atoms with Gasteiger partial charge in [-0.15, -0.1) is 0 Å². The van der Waals surface area contributed by atoms with Crippen molar-refractivity contribution in [2.75, 3.05) is 19.3 Å². The zero-order valence-corrected chi connectivity index (χ0v) is 41.3. The molecule has 356 valence electrons. The van der Waals surface area contributed by atoms with E-state index in [0.717, 1.165) is 33.4 Å². The third kappa shape index (κ3) is 20.1. The van der Waals surface area contributed by atoms with E-state index < -0.39 is 54.6 Å². The van der Waals surface area contributed by atoms with Gasteiger partial charge in [-0.1, -0.05) is 142 Å². The van der Waals surface area contributed by atoms with Crippen LogP contribution in [-0.2, 0) is 33.5 Å². The number of aliphatic carboxylic acids is 1. The van der Waals surface area contributed by atoms with Gasteiger partial charge in [0.05, 0.1) is 0 Å². The zero-order chi connectivity index (χ0) is 49.4. The summed E-state index contributed by atoms with van der Waals surface area (Å²) in [6.45, 7) is 21.0. The Morgan fingerprint density at radius 3 is 1.86 bits per heavy atom. The van der Waals surface area contributed by atoms with Crippen LogP contribution in [0.5, 0.6) is 0 Å². The van der Waals surface area contributed by atoms with Crippen LogP contribution in [0.2, 0.25) is 0 Å². The van der Waals surface area contributed by atoms with Crippen molar-refractivity contribution in [2.24, 2.45) is 11.3 Å². The number of likely N-dealkylation sites (N-methyl/N-ethyl adjacent to an activating group) is 1. The number of Topliss-reactive ketones (excluding diaryl/α,β-unsaturated/α-hetero) is 2. The van der Waals surface area contributed by atoms with Gasteiger partial charge in [0.25, 0.3) is 0 Å². The van der Waals surface area contributed by atoms with Crippen LogP contribution in [0.4, 0.5) is 0 Å². The van der Waals surface area contributed by atoms with Crippen LogP contribution in [0, 0.1) is 11.3 Å². The number of rotatable bonds is 21. The Labute approximate surface area is 392 Å². The van der Waals surface area contributed by atoms with Crippen molar-refractivity contribution in [3.63, 3.8) is 0 Å². The van der Waals surface area contributed by atoms with Gasteiger partial charge in [0.15, 0.2) is 17.7 Å². The molecule has 0 aromatic carbocycles. The van der Waals surface area contributed by atoms with Crippen LogP contribution in [0.1, 0.15) is 102 Å². The molecule has 2 amide bonds. The summed E-state index contributed by atoms with van der Waals surface area (Å²) in [7, 11) is 1.47. The fourth-order valence-corrected chi connectivity index (χ4v) is 7.27. The average molecular weight is 916 g/mol. The molecule has 65 heavy (non-hydrogen) atoms. The molecule has 12 nitrogen and oxygen atoms in total. The molecule has 0 aliphatic heterocycles. The van der Waals surface area contributed by atoms with Crippen molar-refractivity contribution < 1.29 is 43.7 Å². The summed E-state index contributed by atoms with van der Waals surface area (Å²) < 4.78 is 5.46. The summed E-state index contributed by atoms with van der Waals surface area (Å²) in [6, 6.07) is -1.97. The molecule has 2 aliphatic carbocycles. The third-order valence-electron chi connectivity index (χ3n) is 10.8. The van der Waals surface area contributed by atoms with Gasteiger partial charge in [0.1, 0.15) is 24.7 Å². The number of ether oxygens (including phenoxy) is 1. The lowest BCUT2D eigenvalue weighted by Gasteiger charge is -2.34. The van der Waals surface area contributed by atoms with Crippen LogP contribution in [0.25, 0.3) is 0 Å². The first-order valence-electron chi connectivity index (χ1n) is 22.2. The van der Waals surface area contributed by atoms with Gasteiger partial charge in [-0.3, -0.25) is 28.8 Å². The molecule has 0 bridgehead atoms. The highest BCUT2D eigenvalue weighted by molar-refractivity contribution is 7.80. The topological polar surface area (TPSA) is 188 Å². The molecule has 0 fully saturated rings. The van der Waals surface area contributed by atoms with E-state index in [0.29, 0.717) is 17.6 Å². The maximum Gasteiger partial charge on any atom is 0.326 e. The molecule has 0 spiro atoms. The van der Waals surface area contributed by atoms with Crippen LogP contribution in [0.3, 0.4) is 0 Å². The van der Waals surface area contributed by atoms with Gasteiger partial charge < -0.3 is 30.9 Å². The van der Waals surface area contributed by atoms with Gasteiger partial charge in [0, 0.05) is 12.2 Å². The number of carbonyl (C=O) groups excluding carboxylic acids is 5. The van der Waals surface area contributed by atoms with Gasteiger partial charge in [-0.2, -0.15) is 12.6 Å². The number of carboxylic acid groups (broad SMARTS) is 1. The van der Waals surface area contributed by atoms with Crippen LogP contribution in [0.15, 0.2) is 130 Å². The second-order valence-corrected chi connectivity index (χ2v) is 17.1. The number of ketones is 2. The monoisotopic (exact) mass is 916 g/mol. The molecule has 2 aliphatic rings. The quantitative estimate of drug-likeness (QED) is 0.0373. The Balaban J connectivity index is 0.0000104. The number of thiol groups is 1. The Bertz CT molecular complexity index is 2070. The SMILES string of the molecule is CC.CNC(CCC(=O)NC(CS)C(=O)NCC(=O)OC1CC(C)C(/C=C/C(C)=C/C=C/C(C)=C/C=C/C=C(C)/C=C/C=C(C)/C=C/C2=C(C)C(=O)C(O)CC2(C)C)=C(C)C1=O)C(=O)O. The minimum Gasteiger partial charge on any atom is -0.480 e. The van der Waals surface area contributed by atoms with E-state index in [1.54, 1.807) is 13.8 Å². The standard InChI is InChI=1S/C50H67N3O9S.C2H6/c1-31(15-11-12-16-32(2)18-14-20-34(4)22-24-39-37(7)46(57)42(54)28-50(39,8)9)17-13-19-33(3)21-23-38-35(5)27-43(47(58)36(38)6)62-45(56)29-52-48(59)41(30-63)53-44(55)26-25-40(51-10)49(60)61;1-2/h11-24,35,40-43,51,54,63H,25-30H2,1-10H3,(H,52,59)(H,53,55)(H,60,61);1-2H3/b12-11+,17-13+,18-14+,23-21+,24-22+,31-15+,32-16+,33-19+,34-20+;. The van der Waals surface area contributed by atoms with Crippen molar-refractivity contribution in [1.29, 1.82) is 0 Å². The lowest BCUT2D eigenvalue weighted by Crippen LogP contribution is -2.49. The molecule has 13 heteroatoms. The highest BCUT2D eigenvalue weighted by Crippen LogP contribution is 2.39. The van der Waals surface area contributed by atoms with Crippen molar-refractivity contribution in [3.8, 4) is 0 Å². The van der Waals surface area contributed by atoms with E-state index >= 15 is 0 Å². The van der Waals surface area contributed by atoms with E-state index in [1.807, 2.05) is 147 Å². The van der Waals surface area contributed by atoms with Gasteiger partial charge in [-0.05, 0) is 101 Å². The molecular formula is C52H73N3O9S. The highest BCUT2D eigenvalue weighted by Gasteiger charge is 2.37. The second kappa shape index (κ2) is 29.2. The maximum atomic E-state index is 13.2. The Morgan fingerprint density at radius 1 is 0.815 bits per heavy atom. The minimum absolute atomic E-state index is 0.0210. The van der Waals surface area contributed by atoms with Crippen LogP contribution in [-0.4, -0.2) is 89.2 Å². The van der Waals surface area contributed by atoms with Gasteiger partial charge >= 0.3 is 11.9 Å². The Morgan fingerprint density at radius 2 is 1.34 bits per heavy atom. The zero-order valence-electron chi connectivity index (χ0n) is 40.4. The normalized spacial score (nSPS) is 21.1. The lowest BCUT2D eigenvalue weighted by atomic mass is 9.71. The predicted molar refractivity (Wildman–Crippen MR) is 264 cm³/mol. The van der Waals surface area contributed by atoms with Crippen LogP contribution < -0.4 is 16.0 Å². The third-order valence-corrected chi connectivity index (χ3v) is 11.2. The molecule has 5 N–H and O–H groups in total. The number of hydrogen-bond donors (Lipinski definition) is 6. The molecular weight excluding hydrogens is 843 g/mol. The van der Waals surface area contributed by atoms with Crippen molar-refractivity contribution in [1.82, 2.24) is 16.0 Å². The molecule has 0 saturated heterocycles. The van der Waals surface area contributed by atoms with Gasteiger partial charge in [0.2, 0.25) is 11.8 Å². The molecule has 5 atom stereocenters. The summed E-state index contributed by atoms with van der Waals surface area (Å²) in [5.41, 5.74) is 6.80. The summed E-state index contributed by atoms with van der Waals surface area (Å²) in [4.78, 5) is 74.2. The highest BCUT2D eigenvalue weighted by atomic mass is 32.1. The van der Waals surface area contributed by atoms with E-state index in [-0.39, 0.29) is 47.9 Å². The molecule has 5 unspecified atom stereocenters. The first kappa shape index (κ1) is 57.6. The fourth-order valence-electron chi connectivity index (χ4n) is 7.01. The minimum atomic E-state index is -1.10. The molecule has 0 aromatic heterocycles. The Kier molecular flexibility index (Phi) is 25.9. The number of carboxylic acids is 1. The van der Waals surface area contributed by atoms with Gasteiger partial charge in [-0.25, -0.2) is 0 Å². The van der Waals surface area contributed by atoms with Crippen molar-refractivity contribution >= 4 is 47.9 Å². The summed E-state index contributed by atoms with van der Waals surface area (Å²) >= 11 is 4.10. The van der Waals surface area contributed by atoms with Crippen LogP contribution >= 0.6 is 12.6 Å². The summed E-state index contributed by atoms with van der Waals surface area (Å²) in [6.07, 6.45) is 26.5.